The Hall–Kier alpha value is -1.61. The number of carboxylic acid groups (broad SMARTS) is 1. The number of carboxylic acids is 1. The van der Waals surface area contributed by atoms with Crippen LogP contribution >= 0.6 is 11.6 Å². The van der Waals surface area contributed by atoms with Crippen LogP contribution < -0.4 is 0 Å². The predicted octanol–water partition coefficient (Wildman–Crippen LogP) is 2.59. The molecule has 0 amide bonds. The van der Waals surface area contributed by atoms with Crippen molar-refractivity contribution in [3.05, 3.63) is 41.0 Å². The summed E-state index contributed by atoms with van der Waals surface area (Å²) in [5.41, 5.74) is 0.776. The summed E-state index contributed by atoms with van der Waals surface area (Å²) < 4.78 is 0. The second-order valence-electron chi connectivity index (χ2n) is 2.80. The normalized spacial score (nSPS) is 10.4. The molecule has 1 N–H and O–H groups in total. The molecule has 2 aromatic rings. The van der Waals surface area contributed by atoms with Gasteiger partial charge in [-0.2, -0.15) is 0 Å². The van der Waals surface area contributed by atoms with Crippen molar-refractivity contribution < 1.29 is 9.90 Å². The van der Waals surface area contributed by atoms with Crippen molar-refractivity contribution in [3.8, 4) is 0 Å². The van der Waals surface area contributed by atoms with Crippen LogP contribution in [0.1, 0.15) is 10.4 Å². The number of aromatic carboxylic acids is 1. The molecule has 0 bridgehead atoms. The Morgan fingerprint density at radius 2 is 2.14 bits per heavy atom. The molecule has 0 fully saturated rings. The van der Waals surface area contributed by atoms with E-state index in [0.29, 0.717) is 15.9 Å². The molecule has 0 aliphatic rings. The third-order valence-corrected chi connectivity index (χ3v) is 2.26. The average molecular weight is 208 g/mol. The lowest BCUT2D eigenvalue weighted by Gasteiger charge is -2.02. The lowest BCUT2D eigenvalue weighted by molar-refractivity contribution is 0.0699. The van der Waals surface area contributed by atoms with Crippen molar-refractivity contribution in [1.29, 1.82) is 0 Å². The maximum absolute atomic E-state index is 10.9. The van der Waals surface area contributed by atoms with Gasteiger partial charge >= 0.3 is 5.97 Å². The van der Waals surface area contributed by atoms with Gasteiger partial charge in [-0.05, 0) is 18.2 Å². The molecule has 0 spiro atoms. The number of hydrogen-bond donors (Lipinski definition) is 1. The number of hydrogen-bond acceptors (Lipinski definition) is 2. The molecule has 1 aromatic heterocycles. The lowest BCUT2D eigenvalue weighted by atomic mass is 10.1. The van der Waals surface area contributed by atoms with E-state index in [9.17, 15) is 4.79 Å². The summed E-state index contributed by atoms with van der Waals surface area (Å²) in [7, 11) is 0. The van der Waals surface area contributed by atoms with E-state index >= 15 is 0 Å². The number of rotatable bonds is 1. The zero-order valence-corrected chi connectivity index (χ0v) is 7.82. The number of carbonyl (C=O) groups is 1. The molecule has 0 aliphatic carbocycles. The van der Waals surface area contributed by atoms with Crippen molar-refractivity contribution in [1.82, 2.24) is 4.98 Å². The molecular weight excluding hydrogens is 202 g/mol. The molecule has 4 heteroatoms. The Morgan fingerprint density at radius 1 is 1.36 bits per heavy atom. The zero-order chi connectivity index (χ0) is 10.1. The van der Waals surface area contributed by atoms with E-state index in [1.54, 1.807) is 18.2 Å². The molecule has 2 rings (SSSR count). The average Bonchev–Trinajstić information content (AvgIpc) is 2.17. The molecule has 0 saturated carbocycles. The second kappa shape index (κ2) is 3.27. The van der Waals surface area contributed by atoms with E-state index in [-0.39, 0.29) is 5.56 Å². The van der Waals surface area contributed by atoms with Crippen LogP contribution in [0.15, 0.2) is 30.5 Å². The Morgan fingerprint density at radius 3 is 2.86 bits per heavy atom. The second-order valence-corrected chi connectivity index (χ2v) is 3.20. The summed E-state index contributed by atoms with van der Waals surface area (Å²) in [6, 6.07) is 6.56. The van der Waals surface area contributed by atoms with Crippen molar-refractivity contribution >= 4 is 28.5 Å². The number of benzene rings is 1. The fourth-order valence-electron chi connectivity index (χ4n) is 1.34. The first-order chi connectivity index (χ1) is 6.70. The maximum atomic E-state index is 10.9. The molecule has 0 aliphatic heterocycles. The summed E-state index contributed by atoms with van der Waals surface area (Å²) in [4.78, 5) is 14.9. The van der Waals surface area contributed by atoms with Gasteiger partial charge in [0.2, 0.25) is 0 Å². The molecule has 0 unspecified atom stereocenters. The minimum atomic E-state index is -0.995. The third-order valence-electron chi connectivity index (χ3n) is 1.95. The van der Waals surface area contributed by atoms with Gasteiger partial charge in [-0.15, -0.1) is 0 Å². The van der Waals surface area contributed by atoms with E-state index in [0.717, 1.165) is 0 Å². The Bertz CT molecular complexity index is 505. The van der Waals surface area contributed by atoms with Gasteiger partial charge in [-0.25, -0.2) is 4.79 Å². The molecular formula is C10H6ClNO2. The van der Waals surface area contributed by atoms with Crippen molar-refractivity contribution in [2.24, 2.45) is 0 Å². The summed E-state index contributed by atoms with van der Waals surface area (Å²) in [6.07, 6.45) is 1.46. The highest BCUT2D eigenvalue weighted by Crippen LogP contribution is 2.25. The highest BCUT2D eigenvalue weighted by molar-refractivity contribution is 6.36. The lowest BCUT2D eigenvalue weighted by Crippen LogP contribution is -1.98. The smallest absolute Gasteiger partial charge is 0.336 e. The molecule has 70 valence electrons. The van der Waals surface area contributed by atoms with Crippen molar-refractivity contribution in [2.45, 2.75) is 0 Å². The Labute approximate surface area is 85.0 Å². The van der Waals surface area contributed by atoms with E-state index in [2.05, 4.69) is 4.98 Å². The minimum Gasteiger partial charge on any atom is -0.478 e. The van der Waals surface area contributed by atoms with E-state index in [1.165, 1.54) is 12.3 Å². The standard InChI is InChI=1S/C10H6ClNO2/c11-7-2-1-3-8-9(7)6(10(13)14)4-5-12-8/h1-5H,(H,13,14). The number of halogens is 1. The van der Waals surface area contributed by atoms with Crippen LogP contribution in [0.4, 0.5) is 0 Å². The molecule has 3 nitrogen and oxygen atoms in total. The van der Waals surface area contributed by atoms with Gasteiger partial charge in [0, 0.05) is 11.6 Å². The van der Waals surface area contributed by atoms with Crippen LogP contribution in [0.25, 0.3) is 10.9 Å². The van der Waals surface area contributed by atoms with E-state index in [1.807, 2.05) is 0 Å². The van der Waals surface area contributed by atoms with Gasteiger partial charge in [-0.3, -0.25) is 4.98 Å². The largest absolute Gasteiger partial charge is 0.478 e. The first-order valence-corrected chi connectivity index (χ1v) is 4.34. The third kappa shape index (κ3) is 1.32. The summed E-state index contributed by atoms with van der Waals surface area (Å²) in [6.45, 7) is 0. The van der Waals surface area contributed by atoms with Crippen LogP contribution in [0.2, 0.25) is 5.02 Å². The fraction of sp³-hybridized carbons (Fsp3) is 0. The molecule has 1 aromatic carbocycles. The van der Waals surface area contributed by atoms with Gasteiger partial charge in [0.25, 0.3) is 0 Å². The topological polar surface area (TPSA) is 50.2 Å². The highest BCUT2D eigenvalue weighted by atomic mass is 35.5. The summed E-state index contributed by atoms with van der Waals surface area (Å²) in [5.74, 6) is -0.995. The summed E-state index contributed by atoms with van der Waals surface area (Å²) in [5, 5.41) is 9.82. The molecule has 0 saturated heterocycles. The van der Waals surface area contributed by atoms with Crippen LogP contribution in [-0.4, -0.2) is 16.1 Å². The predicted molar refractivity (Wildman–Crippen MR) is 53.7 cm³/mol. The first kappa shape index (κ1) is 8.97. The summed E-state index contributed by atoms with van der Waals surface area (Å²) >= 11 is 5.90. The molecule has 0 atom stereocenters. The minimum absolute atomic E-state index is 0.181. The number of nitrogens with zero attached hydrogens (tertiary/aromatic N) is 1. The van der Waals surface area contributed by atoms with Crippen LogP contribution in [0.3, 0.4) is 0 Å². The first-order valence-electron chi connectivity index (χ1n) is 3.96. The molecule has 0 radical (unpaired) electrons. The monoisotopic (exact) mass is 207 g/mol. The molecule has 1 heterocycles. The zero-order valence-electron chi connectivity index (χ0n) is 7.07. The van der Waals surface area contributed by atoms with Crippen molar-refractivity contribution in [2.75, 3.05) is 0 Å². The quantitative estimate of drug-likeness (QED) is 0.782. The van der Waals surface area contributed by atoms with E-state index < -0.39 is 5.97 Å². The number of pyridine rings is 1. The van der Waals surface area contributed by atoms with Gasteiger partial charge in [0.05, 0.1) is 16.1 Å². The van der Waals surface area contributed by atoms with Crippen molar-refractivity contribution in [3.63, 3.8) is 0 Å². The van der Waals surface area contributed by atoms with Crippen LogP contribution in [0, 0.1) is 0 Å². The SMILES string of the molecule is O=C(O)c1ccnc2cccc(Cl)c12. The van der Waals surface area contributed by atoms with Gasteiger partial charge in [0.15, 0.2) is 0 Å². The van der Waals surface area contributed by atoms with Gasteiger partial charge in [0.1, 0.15) is 0 Å². The number of aromatic nitrogens is 1. The van der Waals surface area contributed by atoms with Crippen LogP contribution in [-0.2, 0) is 0 Å². The van der Waals surface area contributed by atoms with Gasteiger partial charge in [-0.1, -0.05) is 17.7 Å². The van der Waals surface area contributed by atoms with Crippen LogP contribution in [0.5, 0.6) is 0 Å². The van der Waals surface area contributed by atoms with E-state index in [4.69, 9.17) is 16.7 Å². The maximum Gasteiger partial charge on any atom is 0.336 e. The fourth-order valence-corrected chi connectivity index (χ4v) is 1.61. The highest BCUT2D eigenvalue weighted by Gasteiger charge is 2.10. The Kier molecular flexibility index (Phi) is 2.09. The molecule has 14 heavy (non-hydrogen) atoms. The van der Waals surface area contributed by atoms with Gasteiger partial charge < -0.3 is 5.11 Å². The number of fused-ring (bicyclic) bond motifs is 1. The Balaban J connectivity index is 2.91.